The van der Waals surface area contributed by atoms with Crippen LogP contribution in [0.3, 0.4) is 0 Å². The van der Waals surface area contributed by atoms with Crippen molar-refractivity contribution in [3.05, 3.63) is 18.0 Å². The van der Waals surface area contributed by atoms with Gasteiger partial charge in [-0.3, -0.25) is 9.48 Å². The first-order chi connectivity index (χ1) is 9.75. The molecule has 0 aliphatic rings. The monoisotopic (exact) mass is 293 g/mol. The van der Waals surface area contributed by atoms with Crippen LogP contribution in [0.15, 0.2) is 12.3 Å². The van der Waals surface area contributed by atoms with E-state index in [4.69, 9.17) is 5.73 Å². The molecule has 0 saturated heterocycles. The van der Waals surface area contributed by atoms with Gasteiger partial charge in [-0.05, 0) is 30.7 Å². The molecule has 4 nitrogen and oxygen atoms in total. The molecule has 2 N–H and O–H groups in total. The predicted octanol–water partition coefficient (Wildman–Crippen LogP) is 3.51. The van der Waals surface area contributed by atoms with Crippen molar-refractivity contribution in [3.8, 4) is 0 Å². The summed E-state index contributed by atoms with van der Waals surface area (Å²) in [7, 11) is 0. The van der Waals surface area contributed by atoms with Gasteiger partial charge in [-0.1, -0.05) is 34.6 Å². The number of hydrogen-bond donors (Lipinski definition) is 1. The molecule has 0 spiro atoms. The van der Waals surface area contributed by atoms with E-state index in [1.165, 1.54) is 0 Å². The molecule has 0 aliphatic heterocycles. The van der Waals surface area contributed by atoms with Crippen molar-refractivity contribution in [2.24, 2.45) is 11.1 Å². The minimum absolute atomic E-state index is 0.0568. The molecule has 120 valence electrons. The third kappa shape index (κ3) is 6.42. The molecule has 1 rings (SSSR count). The number of nitrogens with zero attached hydrogens (tertiary/aromatic N) is 2. The van der Waals surface area contributed by atoms with E-state index in [9.17, 15) is 4.79 Å². The third-order valence-corrected chi connectivity index (χ3v) is 3.72. The second kappa shape index (κ2) is 7.74. The number of hydrogen-bond acceptors (Lipinski definition) is 3. The van der Waals surface area contributed by atoms with Gasteiger partial charge in [0.15, 0.2) is 0 Å². The molecular formula is C17H31N3O. The quantitative estimate of drug-likeness (QED) is 0.798. The van der Waals surface area contributed by atoms with Crippen molar-refractivity contribution < 1.29 is 4.79 Å². The average molecular weight is 293 g/mol. The summed E-state index contributed by atoms with van der Waals surface area (Å²) in [4.78, 5) is 12.1. The van der Waals surface area contributed by atoms with E-state index >= 15 is 0 Å². The van der Waals surface area contributed by atoms with Crippen molar-refractivity contribution >= 4 is 5.78 Å². The van der Waals surface area contributed by atoms with E-state index in [1.54, 1.807) is 0 Å². The van der Waals surface area contributed by atoms with Gasteiger partial charge >= 0.3 is 0 Å². The Labute approximate surface area is 129 Å². The van der Waals surface area contributed by atoms with Crippen LogP contribution >= 0.6 is 0 Å². The molecule has 0 radical (unpaired) electrons. The smallest absolute Gasteiger partial charge is 0.140 e. The zero-order valence-corrected chi connectivity index (χ0v) is 14.2. The molecule has 4 heteroatoms. The Morgan fingerprint density at radius 3 is 2.48 bits per heavy atom. The van der Waals surface area contributed by atoms with E-state index in [1.807, 2.05) is 16.9 Å². The second-order valence-electron chi connectivity index (χ2n) is 7.20. The standard InChI is InChI=1S/C17H31N3O/c1-6-15(7-2)20-9-8-14(19-20)11-16(21)10-13(18)12-17(3,4)5/h8-9,13,15H,6-7,10-12,18H2,1-5H3. The Balaban J connectivity index is 2.52. The van der Waals surface area contributed by atoms with Gasteiger partial charge in [-0.15, -0.1) is 0 Å². The van der Waals surface area contributed by atoms with Gasteiger partial charge in [0.25, 0.3) is 0 Å². The van der Waals surface area contributed by atoms with Crippen molar-refractivity contribution in [3.63, 3.8) is 0 Å². The van der Waals surface area contributed by atoms with Gasteiger partial charge in [0.05, 0.1) is 18.2 Å². The Bertz CT molecular complexity index is 441. The van der Waals surface area contributed by atoms with Gasteiger partial charge in [0.1, 0.15) is 5.78 Å². The molecule has 1 unspecified atom stereocenters. The second-order valence-corrected chi connectivity index (χ2v) is 7.20. The van der Waals surface area contributed by atoms with Crippen LogP contribution in [0.4, 0.5) is 0 Å². The van der Waals surface area contributed by atoms with Gasteiger partial charge in [-0.2, -0.15) is 5.10 Å². The third-order valence-electron chi connectivity index (χ3n) is 3.72. The fraction of sp³-hybridized carbons (Fsp3) is 0.765. The maximum absolute atomic E-state index is 12.1. The molecular weight excluding hydrogens is 262 g/mol. The van der Waals surface area contributed by atoms with Crippen molar-refractivity contribution in [2.45, 2.75) is 78.8 Å². The Hall–Kier alpha value is -1.16. The number of Topliss-reactive ketones (excluding diaryl/α,β-unsaturated/α-hetero) is 1. The molecule has 1 aromatic rings. The maximum atomic E-state index is 12.1. The van der Waals surface area contributed by atoms with Gasteiger partial charge < -0.3 is 5.73 Å². The highest BCUT2D eigenvalue weighted by Gasteiger charge is 2.19. The van der Waals surface area contributed by atoms with Crippen molar-refractivity contribution in [2.75, 3.05) is 0 Å². The minimum Gasteiger partial charge on any atom is -0.327 e. The van der Waals surface area contributed by atoms with Crippen LogP contribution in [0.5, 0.6) is 0 Å². The summed E-state index contributed by atoms with van der Waals surface area (Å²) in [6.45, 7) is 10.8. The largest absolute Gasteiger partial charge is 0.327 e. The fourth-order valence-corrected chi connectivity index (χ4v) is 2.76. The van der Waals surface area contributed by atoms with E-state index in [0.717, 1.165) is 25.0 Å². The summed E-state index contributed by atoms with van der Waals surface area (Å²) in [5.74, 6) is 0.182. The summed E-state index contributed by atoms with van der Waals surface area (Å²) < 4.78 is 1.98. The summed E-state index contributed by atoms with van der Waals surface area (Å²) in [6.07, 6.45) is 5.79. The maximum Gasteiger partial charge on any atom is 0.140 e. The predicted molar refractivity (Wildman–Crippen MR) is 87.2 cm³/mol. The first-order valence-electron chi connectivity index (χ1n) is 8.06. The minimum atomic E-state index is -0.0568. The van der Waals surface area contributed by atoms with E-state index in [2.05, 4.69) is 39.7 Å². The molecule has 0 bridgehead atoms. The molecule has 21 heavy (non-hydrogen) atoms. The number of rotatable bonds is 8. The highest BCUT2D eigenvalue weighted by atomic mass is 16.1. The SMILES string of the molecule is CCC(CC)n1ccc(CC(=O)CC(N)CC(C)(C)C)n1. The number of carbonyl (C=O) groups is 1. The zero-order valence-electron chi connectivity index (χ0n) is 14.2. The summed E-state index contributed by atoms with van der Waals surface area (Å²) in [6, 6.07) is 2.32. The van der Waals surface area contributed by atoms with E-state index in [0.29, 0.717) is 18.9 Å². The van der Waals surface area contributed by atoms with Crippen LogP contribution < -0.4 is 5.73 Å². The molecule has 0 aliphatic carbocycles. The van der Waals surface area contributed by atoms with Crippen LogP contribution in [0.25, 0.3) is 0 Å². The van der Waals surface area contributed by atoms with Crippen LogP contribution in [0.2, 0.25) is 0 Å². The molecule has 0 aromatic carbocycles. The van der Waals surface area contributed by atoms with Gasteiger partial charge in [-0.25, -0.2) is 0 Å². The highest BCUT2D eigenvalue weighted by molar-refractivity contribution is 5.80. The lowest BCUT2D eigenvalue weighted by atomic mass is 9.86. The van der Waals surface area contributed by atoms with Crippen LogP contribution in [0, 0.1) is 5.41 Å². The molecule has 0 amide bonds. The topological polar surface area (TPSA) is 60.9 Å². The van der Waals surface area contributed by atoms with Crippen LogP contribution in [-0.4, -0.2) is 21.6 Å². The Morgan fingerprint density at radius 1 is 1.33 bits per heavy atom. The highest BCUT2D eigenvalue weighted by Crippen LogP contribution is 2.21. The average Bonchev–Trinajstić information content (AvgIpc) is 2.76. The normalized spacial score (nSPS) is 13.7. The lowest BCUT2D eigenvalue weighted by Crippen LogP contribution is -2.29. The summed E-state index contributed by atoms with van der Waals surface area (Å²) >= 11 is 0. The van der Waals surface area contributed by atoms with Gasteiger partial charge in [0.2, 0.25) is 0 Å². The summed E-state index contributed by atoms with van der Waals surface area (Å²) in [5, 5.41) is 4.53. The zero-order chi connectivity index (χ0) is 16.0. The summed E-state index contributed by atoms with van der Waals surface area (Å²) in [5.41, 5.74) is 7.08. The molecule has 0 fully saturated rings. The fourth-order valence-electron chi connectivity index (χ4n) is 2.76. The first-order valence-corrected chi connectivity index (χ1v) is 8.06. The molecule has 1 aromatic heterocycles. The number of ketones is 1. The van der Waals surface area contributed by atoms with E-state index < -0.39 is 0 Å². The Morgan fingerprint density at radius 2 is 1.95 bits per heavy atom. The first kappa shape index (κ1) is 17.9. The van der Waals surface area contributed by atoms with E-state index in [-0.39, 0.29) is 17.2 Å². The Kier molecular flexibility index (Phi) is 6.59. The van der Waals surface area contributed by atoms with Crippen LogP contribution in [0.1, 0.15) is 72.0 Å². The lowest BCUT2D eigenvalue weighted by Gasteiger charge is -2.22. The van der Waals surface area contributed by atoms with Crippen molar-refractivity contribution in [1.29, 1.82) is 0 Å². The number of nitrogens with two attached hydrogens (primary N) is 1. The number of aromatic nitrogens is 2. The van der Waals surface area contributed by atoms with Crippen LogP contribution in [-0.2, 0) is 11.2 Å². The lowest BCUT2D eigenvalue weighted by molar-refractivity contribution is -0.118. The molecule has 0 saturated carbocycles. The van der Waals surface area contributed by atoms with Gasteiger partial charge in [0, 0.05) is 18.7 Å². The molecule has 1 atom stereocenters. The van der Waals surface area contributed by atoms with Crippen molar-refractivity contribution in [1.82, 2.24) is 9.78 Å². The molecule has 1 heterocycles. The number of carbonyl (C=O) groups excluding carboxylic acids is 1.